The van der Waals surface area contributed by atoms with Crippen molar-refractivity contribution in [2.45, 2.75) is 33.7 Å². The second-order valence-corrected chi connectivity index (χ2v) is 6.17. The number of rotatable bonds is 1. The Bertz CT molecular complexity index is 218. The summed E-state index contributed by atoms with van der Waals surface area (Å²) in [5, 5.41) is 3.52. The molecule has 82 valence electrons. The number of nitrogens with one attached hydrogen (secondary N) is 1. The zero-order valence-corrected chi connectivity index (χ0v) is 10.2. The van der Waals surface area contributed by atoms with Crippen molar-refractivity contribution in [3.63, 3.8) is 0 Å². The van der Waals surface area contributed by atoms with Crippen LogP contribution in [0.3, 0.4) is 0 Å². The highest BCUT2D eigenvalue weighted by Crippen LogP contribution is 2.70. The minimum absolute atomic E-state index is 0.519. The highest BCUT2D eigenvalue weighted by molar-refractivity contribution is 5.17. The van der Waals surface area contributed by atoms with Crippen molar-refractivity contribution in [2.24, 2.45) is 16.7 Å². The normalized spacial score (nSPS) is 37.1. The Morgan fingerprint density at radius 1 is 1.14 bits per heavy atom. The van der Waals surface area contributed by atoms with Crippen molar-refractivity contribution in [3.05, 3.63) is 0 Å². The minimum atomic E-state index is 0.519. The Kier molecular flexibility index (Phi) is 2.20. The van der Waals surface area contributed by atoms with Gasteiger partial charge in [0.1, 0.15) is 0 Å². The molecular formula is C12H24N2. The summed E-state index contributed by atoms with van der Waals surface area (Å²) in [5.74, 6) is 0.854. The van der Waals surface area contributed by atoms with Crippen LogP contribution in [0, 0.1) is 16.7 Å². The smallest absolute Gasteiger partial charge is 0.0256 e. The van der Waals surface area contributed by atoms with Gasteiger partial charge in [0.05, 0.1) is 0 Å². The molecule has 2 heteroatoms. The summed E-state index contributed by atoms with van der Waals surface area (Å²) in [4.78, 5) is 2.54. The summed E-state index contributed by atoms with van der Waals surface area (Å²) in [6, 6.07) is 0.744. The van der Waals surface area contributed by atoms with E-state index in [-0.39, 0.29) is 0 Å². The van der Waals surface area contributed by atoms with E-state index >= 15 is 0 Å². The molecule has 1 aliphatic carbocycles. The molecule has 0 spiro atoms. The van der Waals surface area contributed by atoms with Gasteiger partial charge in [-0.15, -0.1) is 0 Å². The molecule has 1 N–H and O–H groups in total. The second kappa shape index (κ2) is 2.96. The third-order valence-electron chi connectivity index (χ3n) is 5.08. The molecule has 1 unspecified atom stereocenters. The van der Waals surface area contributed by atoms with E-state index < -0.39 is 0 Å². The third kappa shape index (κ3) is 1.24. The molecule has 2 rings (SSSR count). The summed E-state index contributed by atoms with van der Waals surface area (Å²) >= 11 is 0. The molecule has 0 radical (unpaired) electrons. The number of hydrogen-bond donors (Lipinski definition) is 1. The van der Waals surface area contributed by atoms with Gasteiger partial charge < -0.3 is 10.2 Å². The molecule has 1 aliphatic heterocycles. The fraction of sp³-hybridized carbons (Fsp3) is 1.00. The maximum Gasteiger partial charge on any atom is 0.0256 e. The fourth-order valence-electron chi connectivity index (χ4n) is 3.41. The van der Waals surface area contributed by atoms with Crippen LogP contribution in [0.25, 0.3) is 0 Å². The van der Waals surface area contributed by atoms with Gasteiger partial charge in [0.2, 0.25) is 0 Å². The van der Waals surface area contributed by atoms with E-state index in [1.807, 2.05) is 0 Å². The predicted octanol–water partition coefficient (Wildman–Crippen LogP) is 1.57. The van der Waals surface area contributed by atoms with Gasteiger partial charge in [0.15, 0.2) is 0 Å². The van der Waals surface area contributed by atoms with Crippen LogP contribution in [0.15, 0.2) is 0 Å². The molecule has 0 aromatic carbocycles. The lowest BCUT2D eigenvalue weighted by Gasteiger charge is -2.34. The van der Waals surface area contributed by atoms with Gasteiger partial charge in [-0.05, 0) is 23.8 Å². The van der Waals surface area contributed by atoms with Crippen LogP contribution >= 0.6 is 0 Å². The first-order valence-electron chi connectivity index (χ1n) is 5.80. The molecule has 0 bridgehead atoms. The van der Waals surface area contributed by atoms with E-state index in [4.69, 9.17) is 0 Å². The topological polar surface area (TPSA) is 15.3 Å². The van der Waals surface area contributed by atoms with E-state index in [1.54, 1.807) is 0 Å². The third-order valence-corrected chi connectivity index (χ3v) is 5.08. The maximum absolute atomic E-state index is 3.52. The molecule has 1 atom stereocenters. The maximum atomic E-state index is 3.52. The van der Waals surface area contributed by atoms with Crippen molar-refractivity contribution in [3.8, 4) is 0 Å². The number of piperazine rings is 1. The highest BCUT2D eigenvalue weighted by Gasteiger charge is 2.67. The second-order valence-electron chi connectivity index (χ2n) is 6.17. The lowest BCUT2D eigenvalue weighted by molar-refractivity contribution is 0.160. The summed E-state index contributed by atoms with van der Waals surface area (Å²) in [6.45, 7) is 13.2. The van der Waals surface area contributed by atoms with E-state index in [1.165, 1.54) is 13.1 Å². The molecule has 1 heterocycles. The van der Waals surface area contributed by atoms with E-state index in [0.29, 0.717) is 10.8 Å². The van der Waals surface area contributed by atoms with Crippen molar-refractivity contribution >= 4 is 0 Å². The van der Waals surface area contributed by atoms with Gasteiger partial charge in [-0.25, -0.2) is 0 Å². The predicted molar refractivity (Wildman–Crippen MR) is 60.3 cm³/mol. The molecule has 14 heavy (non-hydrogen) atoms. The SMILES string of the molecule is CN1CCNCC1C1C(C)(C)C1(C)C. The minimum Gasteiger partial charge on any atom is -0.314 e. The van der Waals surface area contributed by atoms with Crippen LogP contribution in [0.2, 0.25) is 0 Å². The van der Waals surface area contributed by atoms with E-state index in [9.17, 15) is 0 Å². The molecule has 2 fully saturated rings. The van der Waals surface area contributed by atoms with Gasteiger partial charge in [0, 0.05) is 25.7 Å². The van der Waals surface area contributed by atoms with Crippen LogP contribution in [-0.2, 0) is 0 Å². The van der Waals surface area contributed by atoms with Crippen molar-refractivity contribution < 1.29 is 0 Å². The standard InChI is InChI=1S/C12H24N2/c1-11(2)10(12(11,3)4)9-8-13-6-7-14(9)5/h9-10,13H,6-8H2,1-5H3. The Balaban J connectivity index is 2.10. The van der Waals surface area contributed by atoms with Crippen molar-refractivity contribution in [1.29, 1.82) is 0 Å². The number of nitrogens with zero attached hydrogens (tertiary/aromatic N) is 1. The number of likely N-dealkylation sites (N-methyl/N-ethyl adjacent to an activating group) is 1. The van der Waals surface area contributed by atoms with Crippen LogP contribution in [0.1, 0.15) is 27.7 Å². The zero-order chi connectivity index (χ0) is 10.6. The molecule has 0 amide bonds. The lowest BCUT2D eigenvalue weighted by Crippen LogP contribution is -2.51. The molecule has 2 nitrogen and oxygen atoms in total. The zero-order valence-electron chi connectivity index (χ0n) is 10.2. The van der Waals surface area contributed by atoms with Crippen molar-refractivity contribution in [1.82, 2.24) is 10.2 Å². The Morgan fingerprint density at radius 3 is 2.14 bits per heavy atom. The van der Waals surface area contributed by atoms with Gasteiger partial charge >= 0.3 is 0 Å². The Morgan fingerprint density at radius 2 is 1.71 bits per heavy atom. The van der Waals surface area contributed by atoms with Crippen LogP contribution in [0.5, 0.6) is 0 Å². The Labute approximate surface area is 88.1 Å². The average molecular weight is 196 g/mol. The fourth-order valence-corrected chi connectivity index (χ4v) is 3.41. The monoisotopic (exact) mass is 196 g/mol. The highest BCUT2D eigenvalue weighted by atomic mass is 15.2. The van der Waals surface area contributed by atoms with E-state index in [2.05, 4.69) is 45.0 Å². The van der Waals surface area contributed by atoms with Crippen LogP contribution < -0.4 is 5.32 Å². The van der Waals surface area contributed by atoms with Gasteiger partial charge in [-0.1, -0.05) is 27.7 Å². The summed E-state index contributed by atoms with van der Waals surface area (Å²) in [5.41, 5.74) is 1.04. The molecule has 1 saturated carbocycles. The molecular weight excluding hydrogens is 172 g/mol. The quantitative estimate of drug-likeness (QED) is 0.685. The van der Waals surface area contributed by atoms with Crippen LogP contribution in [-0.4, -0.2) is 37.6 Å². The van der Waals surface area contributed by atoms with Crippen molar-refractivity contribution in [2.75, 3.05) is 26.7 Å². The van der Waals surface area contributed by atoms with Crippen LogP contribution in [0.4, 0.5) is 0 Å². The largest absolute Gasteiger partial charge is 0.314 e. The molecule has 1 saturated heterocycles. The van der Waals surface area contributed by atoms with E-state index in [0.717, 1.165) is 18.5 Å². The average Bonchev–Trinajstić information content (AvgIpc) is 2.46. The lowest BCUT2D eigenvalue weighted by atomic mass is 10.0. The first-order chi connectivity index (χ1) is 6.39. The summed E-state index contributed by atoms with van der Waals surface area (Å²) in [7, 11) is 2.27. The Hall–Kier alpha value is -0.0800. The summed E-state index contributed by atoms with van der Waals surface area (Å²) < 4.78 is 0. The van der Waals surface area contributed by atoms with Gasteiger partial charge in [-0.2, -0.15) is 0 Å². The van der Waals surface area contributed by atoms with Gasteiger partial charge in [0.25, 0.3) is 0 Å². The molecule has 0 aromatic rings. The van der Waals surface area contributed by atoms with Gasteiger partial charge in [-0.3, -0.25) is 0 Å². The molecule has 2 aliphatic rings. The first-order valence-corrected chi connectivity index (χ1v) is 5.80. The molecule has 0 aromatic heterocycles. The number of hydrogen-bond acceptors (Lipinski definition) is 2. The summed E-state index contributed by atoms with van der Waals surface area (Å²) in [6.07, 6.45) is 0. The first kappa shape index (κ1) is 10.4.